The molecule has 0 nitrogen and oxygen atoms in total. The zero-order valence-corrected chi connectivity index (χ0v) is 10.6. The Hall–Kier alpha value is -1.14. The van der Waals surface area contributed by atoms with Crippen molar-refractivity contribution in [2.75, 3.05) is 0 Å². The minimum absolute atomic E-state index is 0.368. The van der Waals surface area contributed by atoms with Gasteiger partial charge in [-0.3, -0.25) is 0 Å². The van der Waals surface area contributed by atoms with Crippen LogP contribution in [0.1, 0.15) is 47.5 Å². The quantitative estimate of drug-likeness (QED) is 0.606. The van der Waals surface area contributed by atoms with Crippen LogP contribution in [-0.2, 0) is 0 Å². The first kappa shape index (κ1) is 13.9. The fourth-order valence-electron chi connectivity index (χ4n) is 1.34. The van der Waals surface area contributed by atoms with Crippen LogP contribution in [0, 0.1) is 35.5 Å². The highest BCUT2D eigenvalue weighted by Crippen LogP contribution is 2.16. The Labute approximate surface area is 95.2 Å². The summed E-state index contributed by atoms with van der Waals surface area (Å²) in [4.78, 5) is 0. The Morgan fingerprint density at radius 2 is 2.00 bits per heavy atom. The first-order valence-corrected chi connectivity index (χ1v) is 5.72. The average Bonchev–Trinajstić information content (AvgIpc) is 2.25. The van der Waals surface area contributed by atoms with E-state index < -0.39 is 0 Å². The van der Waals surface area contributed by atoms with Gasteiger partial charge in [0.25, 0.3) is 0 Å². The topological polar surface area (TPSA) is 0 Å². The molecule has 2 unspecified atom stereocenters. The summed E-state index contributed by atoms with van der Waals surface area (Å²) >= 11 is 0. The lowest BCUT2D eigenvalue weighted by molar-refractivity contribution is 0.499. The smallest absolute Gasteiger partial charge is 0.0337 e. The summed E-state index contributed by atoms with van der Waals surface area (Å²) in [5.41, 5.74) is 1.14. The Morgan fingerprint density at radius 1 is 1.33 bits per heavy atom. The van der Waals surface area contributed by atoms with Crippen molar-refractivity contribution in [1.82, 2.24) is 0 Å². The van der Waals surface area contributed by atoms with E-state index in [9.17, 15) is 0 Å². The van der Waals surface area contributed by atoms with E-state index in [0.29, 0.717) is 11.8 Å². The van der Waals surface area contributed by atoms with Crippen LogP contribution in [0.4, 0.5) is 0 Å². The van der Waals surface area contributed by atoms with Gasteiger partial charge in [-0.1, -0.05) is 44.1 Å². The molecule has 0 saturated heterocycles. The van der Waals surface area contributed by atoms with Crippen LogP contribution in [0.5, 0.6) is 0 Å². The third kappa shape index (κ3) is 6.03. The molecule has 15 heavy (non-hydrogen) atoms. The number of allylic oxidation sites excluding steroid dienone is 2. The van der Waals surface area contributed by atoms with Crippen LogP contribution in [0.15, 0.2) is 11.6 Å². The molecule has 0 N–H and O–H groups in total. The fraction of sp³-hybridized carbons (Fsp3) is 0.600. The second-order valence-corrected chi connectivity index (χ2v) is 3.82. The maximum atomic E-state index is 3.28. The monoisotopic (exact) mass is 202 g/mol. The van der Waals surface area contributed by atoms with Crippen molar-refractivity contribution < 1.29 is 0 Å². The first-order valence-electron chi connectivity index (χ1n) is 5.72. The van der Waals surface area contributed by atoms with Gasteiger partial charge < -0.3 is 0 Å². The molecule has 0 aromatic rings. The third-order valence-electron chi connectivity index (χ3n) is 2.46. The van der Waals surface area contributed by atoms with Crippen molar-refractivity contribution in [3.05, 3.63) is 11.6 Å². The molecule has 0 heterocycles. The van der Waals surface area contributed by atoms with Crippen molar-refractivity contribution in [3.63, 3.8) is 0 Å². The number of rotatable bonds is 3. The first-order chi connectivity index (χ1) is 7.15. The Balaban J connectivity index is 4.52. The predicted molar refractivity (Wildman–Crippen MR) is 68.2 cm³/mol. The van der Waals surface area contributed by atoms with Gasteiger partial charge >= 0.3 is 0 Å². The molecule has 82 valence electrons. The molecule has 0 fully saturated rings. The van der Waals surface area contributed by atoms with E-state index in [1.807, 2.05) is 26.8 Å². The lowest BCUT2D eigenvalue weighted by atomic mass is 9.90. The number of hydrogen-bond acceptors (Lipinski definition) is 0. The molecule has 0 heteroatoms. The van der Waals surface area contributed by atoms with Crippen LogP contribution < -0.4 is 0 Å². The van der Waals surface area contributed by atoms with Crippen LogP contribution in [0.3, 0.4) is 0 Å². The van der Waals surface area contributed by atoms with Crippen molar-refractivity contribution in [3.8, 4) is 23.7 Å². The average molecular weight is 202 g/mol. The van der Waals surface area contributed by atoms with Gasteiger partial charge in [0.1, 0.15) is 0 Å². The lowest BCUT2D eigenvalue weighted by Gasteiger charge is -2.12. The summed E-state index contributed by atoms with van der Waals surface area (Å²) in [7, 11) is 0. The highest BCUT2D eigenvalue weighted by Gasteiger charge is 2.10. The molecule has 0 amide bonds. The van der Waals surface area contributed by atoms with Crippen molar-refractivity contribution in [2.24, 2.45) is 11.8 Å². The Bertz CT molecular complexity index is 311. The van der Waals surface area contributed by atoms with E-state index in [4.69, 9.17) is 0 Å². The minimum Gasteiger partial charge on any atom is -0.106 e. The zero-order chi connectivity index (χ0) is 11.7. The third-order valence-corrected chi connectivity index (χ3v) is 2.46. The summed E-state index contributed by atoms with van der Waals surface area (Å²) in [5, 5.41) is 0. The van der Waals surface area contributed by atoms with Gasteiger partial charge in [-0.05, 0) is 32.8 Å². The highest BCUT2D eigenvalue weighted by atomic mass is 14.1. The van der Waals surface area contributed by atoms with E-state index in [1.165, 1.54) is 6.42 Å². The van der Waals surface area contributed by atoms with Gasteiger partial charge in [-0.15, -0.1) is 5.92 Å². The van der Waals surface area contributed by atoms with E-state index in [1.54, 1.807) is 0 Å². The van der Waals surface area contributed by atoms with Crippen LogP contribution in [0.2, 0.25) is 0 Å². The van der Waals surface area contributed by atoms with Crippen LogP contribution in [0.25, 0.3) is 0 Å². The van der Waals surface area contributed by atoms with Gasteiger partial charge in [0.05, 0.1) is 0 Å². The van der Waals surface area contributed by atoms with Gasteiger partial charge in [0.15, 0.2) is 0 Å². The van der Waals surface area contributed by atoms with E-state index in [-0.39, 0.29) is 0 Å². The summed E-state index contributed by atoms with van der Waals surface area (Å²) in [6.07, 6.45) is 4.36. The van der Waals surface area contributed by atoms with Crippen LogP contribution >= 0.6 is 0 Å². The SMILES string of the molecule is CC#CC(CCC)C(C)C#CC(C)=CC. The normalized spacial score (nSPS) is 14.3. The molecule has 0 bridgehead atoms. The summed E-state index contributed by atoms with van der Waals surface area (Å²) in [6.45, 7) is 10.3. The van der Waals surface area contributed by atoms with Gasteiger partial charge in [0, 0.05) is 11.8 Å². The predicted octanol–water partition coefficient (Wildman–Crippen LogP) is 4.03. The summed E-state index contributed by atoms with van der Waals surface area (Å²) in [5.74, 6) is 13.5. The van der Waals surface area contributed by atoms with Crippen molar-refractivity contribution in [2.45, 2.75) is 47.5 Å². The number of hydrogen-bond donors (Lipinski definition) is 0. The second kappa shape index (κ2) is 8.19. The highest BCUT2D eigenvalue weighted by molar-refractivity contribution is 5.27. The van der Waals surface area contributed by atoms with E-state index in [2.05, 4.69) is 37.5 Å². The maximum absolute atomic E-state index is 3.28. The molecular weight excluding hydrogens is 180 g/mol. The van der Waals surface area contributed by atoms with Gasteiger partial charge in [0.2, 0.25) is 0 Å². The summed E-state index contributed by atoms with van der Waals surface area (Å²) in [6, 6.07) is 0. The van der Waals surface area contributed by atoms with Crippen molar-refractivity contribution in [1.29, 1.82) is 0 Å². The standard InChI is InChI=1S/C15H22/c1-6-9-15(10-7-2)14(5)12-11-13(4)8-3/h8,14-15H,6,9H2,1-5H3. The molecular formula is C15H22. The van der Waals surface area contributed by atoms with Crippen molar-refractivity contribution >= 4 is 0 Å². The molecule has 0 radical (unpaired) electrons. The van der Waals surface area contributed by atoms with E-state index >= 15 is 0 Å². The van der Waals surface area contributed by atoms with E-state index in [0.717, 1.165) is 12.0 Å². The minimum atomic E-state index is 0.368. The van der Waals surface area contributed by atoms with Gasteiger partial charge in [-0.2, -0.15) is 0 Å². The molecule has 0 aromatic heterocycles. The molecule has 0 aromatic carbocycles. The largest absolute Gasteiger partial charge is 0.106 e. The Morgan fingerprint density at radius 3 is 2.47 bits per heavy atom. The fourth-order valence-corrected chi connectivity index (χ4v) is 1.34. The van der Waals surface area contributed by atoms with Gasteiger partial charge in [-0.25, -0.2) is 0 Å². The molecule has 0 saturated carbocycles. The van der Waals surface area contributed by atoms with Crippen LogP contribution in [-0.4, -0.2) is 0 Å². The molecule has 0 spiro atoms. The molecule has 2 atom stereocenters. The molecule has 0 aliphatic rings. The summed E-state index contributed by atoms with van der Waals surface area (Å²) < 4.78 is 0. The molecule has 0 aliphatic heterocycles. The Kier molecular flexibility index (Phi) is 7.57. The molecule has 0 aliphatic carbocycles. The maximum Gasteiger partial charge on any atom is 0.0337 e. The second-order valence-electron chi connectivity index (χ2n) is 3.82. The lowest BCUT2D eigenvalue weighted by Crippen LogP contribution is -2.07. The molecule has 0 rings (SSSR count). The zero-order valence-electron chi connectivity index (χ0n) is 10.6.